The third-order valence-corrected chi connectivity index (χ3v) is 9.76. The van der Waals surface area contributed by atoms with Crippen molar-refractivity contribution in [3.05, 3.63) is 0 Å². The Balaban J connectivity index is 0.000000854. The Morgan fingerprint density at radius 3 is 1.71 bits per heavy atom. The lowest BCUT2D eigenvalue weighted by atomic mass is 9.67. The number of carbonyl (C=O) groups excluding carboxylic acids is 1. The summed E-state index contributed by atoms with van der Waals surface area (Å²) in [6.45, 7) is 6.11. The molecule has 0 amide bonds. The van der Waals surface area contributed by atoms with Gasteiger partial charge in [-0.1, -0.05) is 26.2 Å². The average Bonchev–Trinajstić information content (AvgIpc) is 3.64. The van der Waals surface area contributed by atoms with Crippen molar-refractivity contribution in [2.75, 3.05) is 6.61 Å². The van der Waals surface area contributed by atoms with Crippen LogP contribution in [0.5, 0.6) is 0 Å². The van der Waals surface area contributed by atoms with Gasteiger partial charge in [-0.25, -0.2) is 0 Å². The molecule has 5 aliphatic rings. The maximum atomic E-state index is 15.2. The molecule has 5 rings (SSSR count). The van der Waals surface area contributed by atoms with Crippen LogP contribution in [0, 0.1) is 41.4 Å². The summed E-state index contributed by atoms with van der Waals surface area (Å²) in [5.41, 5.74) is -6.13. The molecule has 0 radical (unpaired) electrons. The van der Waals surface area contributed by atoms with Gasteiger partial charge in [-0.15, -0.1) is 0 Å². The van der Waals surface area contributed by atoms with Crippen LogP contribution in [0.2, 0.25) is 26.2 Å². The zero-order chi connectivity index (χ0) is 34.8. The van der Waals surface area contributed by atoms with E-state index in [0.29, 0.717) is 6.42 Å². The Kier molecular flexibility index (Phi) is 8.36. The first-order valence-corrected chi connectivity index (χ1v) is 18.1. The van der Waals surface area contributed by atoms with Crippen molar-refractivity contribution in [3.8, 4) is 0 Å². The first-order chi connectivity index (χ1) is 19.9. The van der Waals surface area contributed by atoms with Gasteiger partial charge in [0.1, 0.15) is 6.61 Å². The van der Waals surface area contributed by atoms with Crippen LogP contribution in [0.15, 0.2) is 0 Å². The summed E-state index contributed by atoms with van der Waals surface area (Å²) >= 11 is 0. The summed E-state index contributed by atoms with van der Waals surface area (Å²) in [4.78, 5) is 13.0. The van der Waals surface area contributed by atoms with Crippen molar-refractivity contribution in [1.82, 2.24) is 0 Å². The maximum absolute atomic E-state index is 15.2. The van der Waals surface area contributed by atoms with Gasteiger partial charge in [0.05, 0.1) is 5.92 Å². The zero-order valence-electron chi connectivity index (χ0n) is 24.2. The molecule has 9 atom stereocenters. The molecule has 4 saturated carbocycles. The van der Waals surface area contributed by atoms with E-state index in [9.17, 15) is 53.8 Å². The van der Waals surface area contributed by atoms with Crippen LogP contribution >= 0.6 is 0 Å². The summed E-state index contributed by atoms with van der Waals surface area (Å²) < 4.78 is 202. The highest BCUT2D eigenvalue weighted by molar-refractivity contribution is 6.74. The minimum absolute atomic E-state index is 0.0392. The van der Waals surface area contributed by atoms with Crippen LogP contribution in [0.25, 0.3) is 0 Å². The van der Waals surface area contributed by atoms with Crippen molar-refractivity contribution in [2.45, 2.75) is 106 Å². The summed E-state index contributed by atoms with van der Waals surface area (Å²) in [7, 11) is -0.611. The molecule has 45 heavy (non-hydrogen) atoms. The van der Waals surface area contributed by atoms with E-state index in [2.05, 4.69) is 35.7 Å². The number of hydrogen-bond acceptors (Lipinski definition) is 4. The van der Waals surface area contributed by atoms with E-state index in [1.54, 1.807) is 0 Å². The molecule has 1 heterocycles. The van der Waals surface area contributed by atoms with Crippen LogP contribution in [0.4, 0.5) is 61.5 Å². The molecule has 0 spiro atoms. The standard InChI is InChI=1S/C22H20F14O4.C4H12Si/c23-16(24,18(27,28)19(29,30)21(31,32)33)15(6-39-20(38,17(15,25)26)22(34,35)36)40-14(37)11-5-9-4-10(11)13-8-2-1-7(3-8)12(9)13;1-5(2,3)4/h7-13,38H,1-6H2;1-4H3. The minimum Gasteiger partial charge on any atom is -0.443 e. The first-order valence-electron chi connectivity index (χ1n) is 14.1. The van der Waals surface area contributed by atoms with Gasteiger partial charge >= 0.3 is 47.8 Å². The van der Waals surface area contributed by atoms with Crippen LogP contribution in [-0.4, -0.2) is 73.2 Å². The zero-order valence-corrected chi connectivity index (χ0v) is 25.2. The fourth-order valence-corrected chi connectivity index (χ4v) is 8.08. The number of hydrogen-bond donors (Lipinski definition) is 1. The monoisotopic (exact) mass is 702 g/mol. The molecule has 0 aromatic rings. The number of rotatable bonds is 5. The third-order valence-electron chi connectivity index (χ3n) is 9.76. The van der Waals surface area contributed by atoms with Crippen LogP contribution in [-0.2, 0) is 14.3 Å². The molecular formula is C26H32F14O4Si. The summed E-state index contributed by atoms with van der Waals surface area (Å²) in [6.07, 6.45) is -12.0. The van der Waals surface area contributed by atoms with Gasteiger partial charge in [0, 0.05) is 8.07 Å². The first kappa shape index (κ1) is 36.5. The van der Waals surface area contributed by atoms with Gasteiger partial charge in [-0.2, -0.15) is 61.5 Å². The Bertz CT molecular complexity index is 1160. The largest absolute Gasteiger partial charge is 0.460 e. The Morgan fingerprint density at radius 2 is 1.27 bits per heavy atom. The molecule has 5 fully saturated rings. The second kappa shape index (κ2) is 10.3. The van der Waals surface area contributed by atoms with Gasteiger partial charge in [-0.05, 0) is 67.6 Å². The van der Waals surface area contributed by atoms with E-state index in [0.717, 1.165) is 12.8 Å². The SMILES string of the molecule is C[Si](C)(C)C.O=C(OC1(C(F)(F)C(F)(F)C(F)(F)C(F)(F)F)COC(O)(C(F)(F)F)C1(F)F)C1CC2CC1C1C3CCC(C3)C21. The van der Waals surface area contributed by atoms with Gasteiger partial charge in [-0.3, -0.25) is 4.79 Å². The Hall–Kier alpha value is -1.37. The third kappa shape index (κ3) is 5.00. The van der Waals surface area contributed by atoms with Crippen molar-refractivity contribution >= 4 is 14.0 Å². The molecule has 4 bridgehead atoms. The smallest absolute Gasteiger partial charge is 0.443 e. The predicted molar refractivity (Wildman–Crippen MR) is 128 cm³/mol. The fourth-order valence-electron chi connectivity index (χ4n) is 8.08. The summed E-state index contributed by atoms with van der Waals surface area (Å²) in [5.74, 6) is -41.1. The fraction of sp³-hybridized carbons (Fsp3) is 0.962. The topological polar surface area (TPSA) is 55.8 Å². The molecule has 0 aromatic heterocycles. The lowest BCUT2D eigenvalue weighted by molar-refractivity contribution is -0.445. The number of carbonyl (C=O) groups is 1. The van der Waals surface area contributed by atoms with E-state index in [1.165, 1.54) is 0 Å². The molecule has 1 N–H and O–H groups in total. The molecule has 4 aliphatic carbocycles. The average molecular weight is 703 g/mol. The summed E-state index contributed by atoms with van der Waals surface area (Å²) in [6, 6.07) is 0. The van der Waals surface area contributed by atoms with E-state index in [1.807, 2.05) is 0 Å². The number of alkyl halides is 14. The number of halogens is 14. The Morgan fingerprint density at radius 1 is 0.778 bits per heavy atom. The molecule has 4 nitrogen and oxygen atoms in total. The molecule has 19 heteroatoms. The van der Waals surface area contributed by atoms with Gasteiger partial charge in [0.15, 0.2) is 0 Å². The number of fused-ring (bicyclic) bond motifs is 9. The lowest BCUT2D eigenvalue weighted by Gasteiger charge is -2.46. The van der Waals surface area contributed by atoms with E-state index in [-0.39, 0.29) is 42.4 Å². The van der Waals surface area contributed by atoms with E-state index < -0.39 is 79.9 Å². The highest BCUT2D eigenvalue weighted by atomic mass is 28.3. The van der Waals surface area contributed by atoms with Crippen molar-refractivity contribution in [1.29, 1.82) is 0 Å². The van der Waals surface area contributed by atoms with E-state index in [4.69, 9.17) is 0 Å². The quantitative estimate of drug-likeness (QED) is 0.137. The number of esters is 1. The van der Waals surface area contributed by atoms with Crippen LogP contribution < -0.4 is 0 Å². The molecular weight excluding hydrogens is 670 g/mol. The lowest BCUT2D eigenvalue weighted by Crippen LogP contribution is -2.77. The molecule has 0 aromatic carbocycles. The highest BCUT2D eigenvalue weighted by Gasteiger charge is 2.97. The number of aliphatic hydroxyl groups is 1. The highest BCUT2D eigenvalue weighted by Crippen LogP contribution is 2.70. The van der Waals surface area contributed by atoms with E-state index >= 15 is 17.6 Å². The Labute approximate surface area is 249 Å². The second-order valence-corrected chi connectivity index (χ2v) is 20.5. The predicted octanol–water partition coefficient (Wildman–Crippen LogP) is 7.93. The van der Waals surface area contributed by atoms with Crippen molar-refractivity contribution in [3.63, 3.8) is 0 Å². The van der Waals surface area contributed by atoms with Crippen molar-refractivity contribution < 1.29 is 80.8 Å². The number of ether oxygens (including phenoxy) is 2. The summed E-state index contributed by atoms with van der Waals surface area (Å²) in [5, 5.41) is 9.48. The van der Waals surface area contributed by atoms with Gasteiger partial charge in [0.25, 0.3) is 5.60 Å². The molecule has 262 valence electrons. The van der Waals surface area contributed by atoms with Crippen LogP contribution in [0.1, 0.15) is 32.1 Å². The molecule has 9 unspecified atom stereocenters. The van der Waals surface area contributed by atoms with Crippen LogP contribution in [0.3, 0.4) is 0 Å². The minimum atomic E-state index is -7.92. The van der Waals surface area contributed by atoms with Gasteiger partial charge in [0.2, 0.25) is 0 Å². The maximum Gasteiger partial charge on any atom is 0.460 e. The second-order valence-electron chi connectivity index (χ2n) is 14.5. The molecule has 1 saturated heterocycles. The normalized spacial score (nSPS) is 39.5. The van der Waals surface area contributed by atoms with Gasteiger partial charge < -0.3 is 14.6 Å². The van der Waals surface area contributed by atoms with Crippen molar-refractivity contribution in [2.24, 2.45) is 41.4 Å². The molecule has 1 aliphatic heterocycles.